The summed E-state index contributed by atoms with van der Waals surface area (Å²) >= 11 is 0. The number of ether oxygens (including phenoxy) is 1. The van der Waals surface area contributed by atoms with Gasteiger partial charge in [-0.05, 0) is 46.7 Å². The molecule has 1 aliphatic rings. The molecule has 1 unspecified atom stereocenters. The van der Waals surface area contributed by atoms with E-state index in [1.807, 2.05) is 55.5 Å². The maximum atomic E-state index is 12.6. The summed E-state index contributed by atoms with van der Waals surface area (Å²) < 4.78 is 5.65. The zero-order valence-corrected chi connectivity index (χ0v) is 16.5. The minimum atomic E-state index is -0.464. The molecule has 0 saturated heterocycles. The van der Waals surface area contributed by atoms with E-state index < -0.39 is 6.09 Å². The third kappa shape index (κ3) is 3.89. The molecule has 1 atom stereocenters. The van der Waals surface area contributed by atoms with Gasteiger partial charge in [-0.15, -0.1) is 0 Å². The van der Waals surface area contributed by atoms with E-state index in [1.165, 1.54) is 22.3 Å². The van der Waals surface area contributed by atoms with Crippen molar-refractivity contribution in [2.45, 2.75) is 25.3 Å². The Morgan fingerprint density at radius 2 is 1.55 bits per heavy atom. The molecule has 2 N–H and O–H groups in total. The predicted octanol–water partition coefficient (Wildman–Crippen LogP) is 4.96. The highest BCUT2D eigenvalue weighted by molar-refractivity contribution is 5.79. The summed E-state index contributed by atoms with van der Waals surface area (Å²) in [5, 5.41) is 12.4. The highest BCUT2D eigenvalue weighted by Crippen LogP contribution is 2.44. The predicted molar refractivity (Wildman–Crippen MR) is 114 cm³/mol. The summed E-state index contributed by atoms with van der Waals surface area (Å²) in [6.07, 6.45) is -0.0248. The van der Waals surface area contributed by atoms with E-state index in [0.717, 1.165) is 11.1 Å². The number of hydrogen-bond acceptors (Lipinski definition) is 3. The van der Waals surface area contributed by atoms with Crippen LogP contribution in [-0.2, 0) is 4.74 Å². The summed E-state index contributed by atoms with van der Waals surface area (Å²) in [4.78, 5) is 12.6. The van der Waals surface area contributed by atoms with Gasteiger partial charge >= 0.3 is 6.09 Å². The Bertz CT molecular complexity index is 969. The summed E-state index contributed by atoms with van der Waals surface area (Å²) in [5.41, 5.74) is 6.85. The van der Waals surface area contributed by atoms with Crippen LogP contribution in [0, 0.1) is 6.92 Å². The summed E-state index contributed by atoms with van der Waals surface area (Å²) in [5.74, 6) is 0.0305. The van der Waals surface area contributed by atoms with Crippen LogP contribution in [-0.4, -0.2) is 24.4 Å². The molecule has 3 aromatic rings. The van der Waals surface area contributed by atoms with Crippen molar-refractivity contribution in [3.05, 3.63) is 95.1 Å². The molecular weight excluding hydrogens is 362 g/mol. The zero-order chi connectivity index (χ0) is 20.2. The topological polar surface area (TPSA) is 58.6 Å². The lowest BCUT2D eigenvalue weighted by molar-refractivity contribution is 0.136. The summed E-state index contributed by atoms with van der Waals surface area (Å²) in [7, 11) is 0. The maximum absolute atomic E-state index is 12.6. The average Bonchev–Trinajstić information content (AvgIpc) is 3.06. The van der Waals surface area contributed by atoms with Gasteiger partial charge in [0.05, 0.1) is 6.04 Å². The Labute approximate surface area is 171 Å². The molecule has 4 heteroatoms. The number of nitrogens with one attached hydrogen (secondary N) is 1. The van der Waals surface area contributed by atoms with Crippen molar-refractivity contribution in [3.63, 3.8) is 0 Å². The molecule has 0 aliphatic heterocycles. The second kappa shape index (κ2) is 8.50. The number of alkyl carbamates (subject to hydrolysis) is 1. The second-order valence-electron chi connectivity index (χ2n) is 7.39. The van der Waals surface area contributed by atoms with Gasteiger partial charge in [0.2, 0.25) is 0 Å². The number of rotatable bonds is 6. The number of benzene rings is 3. The molecule has 4 rings (SSSR count). The number of aliphatic hydroxyl groups excluding tert-OH is 1. The van der Waals surface area contributed by atoms with E-state index in [-0.39, 0.29) is 25.2 Å². The Hall–Kier alpha value is -3.11. The molecule has 1 amide bonds. The smallest absolute Gasteiger partial charge is 0.407 e. The van der Waals surface area contributed by atoms with Crippen LogP contribution in [0.15, 0.2) is 72.8 Å². The van der Waals surface area contributed by atoms with Crippen LogP contribution in [0.4, 0.5) is 4.79 Å². The van der Waals surface area contributed by atoms with E-state index in [9.17, 15) is 9.90 Å². The standard InChI is InChI=1S/C25H25NO3/c1-17-8-2-3-9-18(17)24(14-15-27)26-25(28)29-16-23-21-12-6-4-10-19(21)20-11-5-7-13-22(20)23/h2-13,23-24,27H,14-16H2,1H3,(H,26,28). The van der Waals surface area contributed by atoms with Crippen LogP contribution >= 0.6 is 0 Å². The van der Waals surface area contributed by atoms with Gasteiger partial charge in [0.15, 0.2) is 0 Å². The third-order valence-corrected chi connectivity index (χ3v) is 5.62. The third-order valence-electron chi connectivity index (χ3n) is 5.62. The van der Waals surface area contributed by atoms with Gasteiger partial charge in [0, 0.05) is 12.5 Å². The lowest BCUT2D eigenvalue weighted by Gasteiger charge is -2.21. The van der Waals surface area contributed by atoms with Crippen LogP contribution in [0.3, 0.4) is 0 Å². The van der Waals surface area contributed by atoms with Crippen molar-refractivity contribution >= 4 is 6.09 Å². The van der Waals surface area contributed by atoms with E-state index in [0.29, 0.717) is 6.42 Å². The van der Waals surface area contributed by atoms with Gasteiger partial charge in [0.25, 0.3) is 0 Å². The molecule has 0 heterocycles. The van der Waals surface area contributed by atoms with Crippen molar-refractivity contribution < 1.29 is 14.6 Å². The van der Waals surface area contributed by atoms with Crippen LogP contribution in [0.1, 0.15) is 40.6 Å². The molecule has 0 radical (unpaired) electrons. The molecular formula is C25H25NO3. The van der Waals surface area contributed by atoms with Crippen molar-refractivity contribution in [1.29, 1.82) is 0 Å². The van der Waals surface area contributed by atoms with Crippen LogP contribution < -0.4 is 5.32 Å². The monoisotopic (exact) mass is 387 g/mol. The number of aliphatic hydroxyl groups is 1. The minimum absolute atomic E-state index is 0.0113. The molecule has 1 aliphatic carbocycles. The fraction of sp³-hybridized carbons (Fsp3) is 0.240. The van der Waals surface area contributed by atoms with Crippen molar-refractivity contribution in [2.75, 3.05) is 13.2 Å². The zero-order valence-electron chi connectivity index (χ0n) is 16.5. The Kier molecular flexibility index (Phi) is 5.63. The maximum Gasteiger partial charge on any atom is 0.407 e. The van der Waals surface area contributed by atoms with Crippen molar-refractivity contribution in [1.82, 2.24) is 5.32 Å². The number of carbonyl (C=O) groups excluding carboxylic acids is 1. The summed E-state index contributed by atoms with van der Waals surface area (Å²) in [6.45, 7) is 2.27. The Morgan fingerprint density at radius 3 is 2.17 bits per heavy atom. The SMILES string of the molecule is Cc1ccccc1C(CCO)NC(=O)OCC1c2ccccc2-c2ccccc21. The number of fused-ring (bicyclic) bond motifs is 3. The molecule has 29 heavy (non-hydrogen) atoms. The molecule has 3 aromatic carbocycles. The molecule has 0 aromatic heterocycles. The Morgan fingerprint density at radius 1 is 0.966 bits per heavy atom. The van der Waals surface area contributed by atoms with Gasteiger partial charge in [-0.25, -0.2) is 4.79 Å². The first kappa shape index (κ1) is 19.2. The molecule has 0 spiro atoms. The van der Waals surface area contributed by atoms with E-state index >= 15 is 0 Å². The lowest BCUT2D eigenvalue weighted by Crippen LogP contribution is -2.31. The number of amides is 1. The lowest BCUT2D eigenvalue weighted by atomic mass is 9.98. The second-order valence-corrected chi connectivity index (χ2v) is 7.39. The normalized spacial score (nSPS) is 13.4. The molecule has 0 saturated carbocycles. The van der Waals surface area contributed by atoms with E-state index in [4.69, 9.17) is 4.74 Å². The number of aryl methyl sites for hydroxylation is 1. The molecule has 0 fully saturated rings. The fourth-order valence-electron chi connectivity index (χ4n) is 4.19. The number of carbonyl (C=O) groups is 1. The summed E-state index contributed by atoms with van der Waals surface area (Å²) in [6, 6.07) is 24.1. The van der Waals surface area contributed by atoms with E-state index in [2.05, 4.69) is 29.6 Å². The largest absolute Gasteiger partial charge is 0.449 e. The van der Waals surface area contributed by atoms with Gasteiger partial charge in [-0.2, -0.15) is 0 Å². The highest BCUT2D eigenvalue weighted by Gasteiger charge is 2.29. The first-order valence-corrected chi connectivity index (χ1v) is 9.97. The molecule has 148 valence electrons. The Balaban J connectivity index is 1.48. The minimum Gasteiger partial charge on any atom is -0.449 e. The van der Waals surface area contributed by atoms with Gasteiger partial charge in [-0.3, -0.25) is 0 Å². The fourth-order valence-corrected chi connectivity index (χ4v) is 4.19. The molecule has 0 bridgehead atoms. The quantitative estimate of drug-likeness (QED) is 0.629. The average molecular weight is 387 g/mol. The van der Waals surface area contributed by atoms with Crippen LogP contribution in [0.2, 0.25) is 0 Å². The van der Waals surface area contributed by atoms with Gasteiger partial charge in [-0.1, -0.05) is 72.8 Å². The van der Waals surface area contributed by atoms with Crippen LogP contribution in [0.5, 0.6) is 0 Å². The van der Waals surface area contributed by atoms with E-state index in [1.54, 1.807) is 0 Å². The van der Waals surface area contributed by atoms with Crippen molar-refractivity contribution in [3.8, 4) is 11.1 Å². The van der Waals surface area contributed by atoms with Gasteiger partial charge < -0.3 is 15.2 Å². The first-order chi connectivity index (χ1) is 14.2. The van der Waals surface area contributed by atoms with Crippen LogP contribution in [0.25, 0.3) is 11.1 Å². The molecule has 4 nitrogen and oxygen atoms in total. The van der Waals surface area contributed by atoms with Gasteiger partial charge in [0.1, 0.15) is 6.61 Å². The highest BCUT2D eigenvalue weighted by atomic mass is 16.5. The number of hydrogen-bond donors (Lipinski definition) is 2. The van der Waals surface area contributed by atoms with Crippen molar-refractivity contribution in [2.24, 2.45) is 0 Å². The first-order valence-electron chi connectivity index (χ1n) is 9.97.